The third-order valence-electron chi connectivity index (χ3n) is 3.80. The van der Waals surface area contributed by atoms with E-state index < -0.39 is 0 Å². The molecule has 0 atom stereocenters. The van der Waals surface area contributed by atoms with Crippen molar-refractivity contribution in [2.24, 2.45) is 0 Å². The maximum Gasteiger partial charge on any atom is 0.125 e. The van der Waals surface area contributed by atoms with Crippen LogP contribution in [-0.2, 0) is 13.0 Å². The molecule has 0 bridgehead atoms. The standard InChI is InChI=1S/C17H19FN2/c1-12-4-5-17-14(7-12)3-2-6-20(17)11-13-8-15(18)10-16(19)9-13/h4-5,7-10H,2-3,6,11,19H2,1H3. The fraction of sp³-hybridized carbons (Fsp3) is 0.294. The van der Waals surface area contributed by atoms with Crippen LogP contribution >= 0.6 is 0 Å². The molecule has 0 saturated carbocycles. The number of nitrogens with zero attached hydrogens (tertiary/aromatic N) is 1. The number of aryl methyl sites for hydroxylation is 2. The van der Waals surface area contributed by atoms with E-state index in [0.29, 0.717) is 12.2 Å². The fourth-order valence-electron chi connectivity index (χ4n) is 2.96. The van der Waals surface area contributed by atoms with Gasteiger partial charge in [-0.2, -0.15) is 0 Å². The summed E-state index contributed by atoms with van der Waals surface area (Å²) in [6.45, 7) is 3.83. The van der Waals surface area contributed by atoms with Gasteiger partial charge in [0.2, 0.25) is 0 Å². The summed E-state index contributed by atoms with van der Waals surface area (Å²) in [5.41, 5.74) is 11.1. The number of hydrogen-bond donors (Lipinski definition) is 1. The molecule has 104 valence electrons. The van der Waals surface area contributed by atoms with Crippen LogP contribution in [-0.4, -0.2) is 6.54 Å². The van der Waals surface area contributed by atoms with Crippen LogP contribution in [0.15, 0.2) is 36.4 Å². The lowest BCUT2D eigenvalue weighted by Crippen LogP contribution is -2.28. The number of halogens is 1. The van der Waals surface area contributed by atoms with Crippen molar-refractivity contribution < 1.29 is 4.39 Å². The molecule has 0 fully saturated rings. The Morgan fingerprint density at radius 1 is 1.20 bits per heavy atom. The Morgan fingerprint density at radius 3 is 2.85 bits per heavy atom. The maximum absolute atomic E-state index is 13.4. The van der Waals surface area contributed by atoms with Crippen molar-refractivity contribution in [2.45, 2.75) is 26.3 Å². The van der Waals surface area contributed by atoms with Gasteiger partial charge in [-0.25, -0.2) is 4.39 Å². The summed E-state index contributed by atoms with van der Waals surface area (Å²) < 4.78 is 13.4. The highest BCUT2D eigenvalue weighted by Crippen LogP contribution is 2.29. The Labute approximate surface area is 119 Å². The van der Waals surface area contributed by atoms with Crippen LogP contribution < -0.4 is 10.6 Å². The third-order valence-corrected chi connectivity index (χ3v) is 3.80. The van der Waals surface area contributed by atoms with Crippen LogP contribution in [0.4, 0.5) is 15.8 Å². The minimum atomic E-state index is -0.263. The maximum atomic E-state index is 13.4. The first kappa shape index (κ1) is 13.0. The smallest absolute Gasteiger partial charge is 0.125 e. The van der Waals surface area contributed by atoms with Gasteiger partial charge in [-0.05, 0) is 55.2 Å². The van der Waals surface area contributed by atoms with Crippen LogP contribution in [0, 0.1) is 12.7 Å². The first-order valence-electron chi connectivity index (χ1n) is 7.01. The predicted octanol–water partition coefficient (Wildman–Crippen LogP) is 3.67. The molecule has 0 aliphatic carbocycles. The van der Waals surface area contributed by atoms with Crippen molar-refractivity contribution in [3.05, 3.63) is 58.9 Å². The van der Waals surface area contributed by atoms with Gasteiger partial charge in [0.1, 0.15) is 5.82 Å². The van der Waals surface area contributed by atoms with Gasteiger partial charge in [0.15, 0.2) is 0 Å². The zero-order valence-corrected chi connectivity index (χ0v) is 11.7. The largest absolute Gasteiger partial charge is 0.399 e. The number of fused-ring (bicyclic) bond motifs is 1. The molecule has 0 saturated heterocycles. The van der Waals surface area contributed by atoms with Gasteiger partial charge in [0, 0.05) is 24.5 Å². The molecule has 2 N–H and O–H groups in total. The zero-order valence-electron chi connectivity index (χ0n) is 11.7. The van der Waals surface area contributed by atoms with E-state index in [1.165, 1.54) is 22.9 Å². The molecule has 0 aromatic heterocycles. The number of nitrogen functional groups attached to an aromatic ring is 1. The second kappa shape index (κ2) is 5.16. The molecule has 2 aromatic carbocycles. The molecular formula is C17H19FN2. The first-order valence-corrected chi connectivity index (χ1v) is 7.01. The summed E-state index contributed by atoms with van der Waals surface area (Å²) in [7, 11) is 0. The molecule has 1 heterocycles. The highest BCUT2D eigenvalue weighted by atomic mass is 19.1. The molecule has 3 rings (SSSR count). The second-order valence-electron chi connectivity index (χ2n) is 5.55. The molecule has 20 heavy (non-hydrogen) atoms. The van der Waals surface area contributed by atoms with Crippen molar-refractivity contribution in [2.75, 3.05) is 17.2 Å². The van der Waals surface area contributed by atoms with Crippen molar-refractivity contribution in [3.63, 3.8) is 0 Å². The molecule has 0 spiro atoms. The summed E-state index contributed by atoms with van der Waals surface area (Å²) in [4.78, 5) is 2.31. The van der Waals surface area contributed by atoms with E-state index in [0.717, 1.165) is 24.9 Å². The van der Waals surface area contributed by atoms with Gasteiger partial charge < -0.3 is 10.6 Å². The number of anilines is 2. The van der Waals surface area contributed by atoms with Crippen molar-refractivity contribution in [1.82, 2.24) is 0 Å². The van der Waals surface area contributed by atoms with Crippen molar-refractivity contribution in [1.29, 1.82) is 0 Å². The summed E-state index contributed by atoms with van der Waals surface area (Å²) >= 11 is 0. The van der Waals surface area contributed by atoms with Gasteiger partial charge >= 0.3 is 0 Å². The van der Waals surface area contributed by atoms with Crippen LogP contribution in [0.3, 0.4) is 0 Å². The lowest BCUT2D eigenvalue weighted by Gasteiger charge is -2.31. The van der Waals surface area contributed by atoms with E-state index in [-0.39, 0.29) is 5.82 Å². The fourth-order valence-corrected chi connectivity index (χ4v) is 2.96. The lowest BCUT2D eigenvalue weighted by atomic mass is 9.99. The average Bonchev–Trinajstić information content (AvgIpc) is 2.37. The number of hydrogen-bond acceptors (Lipinski definition) is 2. The molecule has 2 aromatic rings. The highest BCUT2D eigenvalue weighted by molar-refractivity contribution is 5.57. The molecule has 0 unspecified atom stereocenters. The Balaban J connectivity index is 1.89. The summed E-state index contributed by atoms with van der Waals surface area (Å²) in [5, 5.41) is 0. The molecule has 1 aliphatic heterocycles. The first-order chi connectivity index (χ1) is 9.61. The van der Waals surface area contributed by atoms with Crippen molar-refractivity contribution >= 4 is 11.4 Å². The molecule has 3 heteroatoms. The van der Waals surface area contributed by atoms with E-state index >= 15 is 0 Å². The lowest BCUT2D eigenvalue weighted by molar-refractivity contribution is 0.623. The Morgan fingerprint density at radius 2 is 2.05 bits per heavy atom. The monoisotopic (exact) mass is 270 g/mol. The average molecular weight is 270 g/mol. The number of nitrogens with two attached hydrogens (primary N) is 1. The van der Waals surface area contributed by atoms with Gasteiger partial charge in [0.05, 0.1) is 0 Å². The summed E-state index contributed by atoms with van der Waals surface area (Å²) in [5.74, 6) is -0.263. The Hall–Kier alpha value is -2.03. The Bertz CT molecular complexity index is 617. The van der Waals surface area contributed by atoms with Crippen LogP contribution in [0.5, 0.6) is 0 Å². The zero-order chi connectivity index (χ0) is 14.1. The minimum Gasteiger partial charge on any atom is -0.399 e. The molecule has 0 radical (unpaired) electrons. The van der Waals surface area contributed by atoms with E-state index in [2.05, 4.69) is 30.0 Å². The van der Waals surface area contributed by atoms with E-state index in [4.69, 9.17) is 5.73 Å². The predicted molar refractivity (Wildman–Crippen MR) is 81.4 cm³/mol. The third kappa shape index (κ3) is 2.62. The van der Waals surface area contributed by atoms with Crippen LogP contribution in [0.2, 0.25) is 0 Å². The molecular weight excluding hydrogens is 251 g/mol. The van der Waals surface area contributed by atoms with E-state index in [1.54, 1.807) is 6.07 Å². The van der Waals surface area contributed by atoms with Crippen LogP contribution in [0.25, 0.3) is 0 Å². The normalized spacial score (nSPS) is 14.2. The Kier molecular flexibility index (Phi) is 3.35. The second-order valence-corrected chi connectivity index (χ2v) is 5.55. The summed E-state index contributed by atoms with van der Waals surface area (Å²) in [6.07, 6.45) is 2.26. The van der Waals surface area contributed by atoms with Gasteiger partial charge in [-0.1, -0.05) is 17.7 Å². The van der Waals surface area contributed by atoms with Crippen LogP contribution in [0.1, 0.15) is 23.1 Å². The number of rotatable bonds is 2. The minimum absolute atomic E-state index is 0.263. The van der Waals surface area contributed by atoms with Gasteiger partial charge in [0.25, 0.3) is 0 Å². The topological polar surface area (TPSA) is 29.3 Å². The van der Waals surface area contributed by atoms with Gasteiger partial charge in [-0.3, -0.25) is 0 Å². The molecule has 2 nitrogen and oxygen atoms in total. The summed E-state index contributed by atoms with van der Waals surface area (Å²) in [6, 6.07) is 11.3. The van der Waals surface area contributed by atoms with Gasteiger partial charge in [-0.15, -0.1) is 0 Å². The number of benzene rings is 2. The quantitative estimate of drug-likeness (QED) is 0.844. The molecule has 1 aliphatic rings. The highest BCUT2D eigenvalue weighted by Gasteiger charge is 2.17. The van der Waals surface area contributed by atoms with E-state index in [1.807, 2.05) is 6.07 Å². The van der Waals surface area contributed by atoms with E-state index in [9.17, 15) is 4.39 Å². The van der Waals surface area contributed by atoms with Crippen molar-refractivity contribution in [3.8, 4) is 0 Å². The SMILES string of the molecule is Cc1ccc2c(c1)CCCN2Cc1cc(N)cc(F)c1. The molecule has 0 amide bonds.